The van der Waals surface area contributed by atoms with Crippen molar-refractivity contribution in [2.24, 2.45) is 0 Å². The molecule has 32 heavy (non-hydrogen) atoms. The molecule has 0 unspecified atom stereocenters. The highest BCUT2D eigenvalue weighted by atomic mass is 32.2. The predicted octanol–water partition coefficient (Wildman–Crippen LogP) is 4.62. The van der Waals surface area contributed by atoms with E-state index in [4.69, 9.17) is 9.47 Å². The van der Waals surface area contributed by atoms with Crippen LogP contribution in [0.2, 0.25) is 0 Å². The van der Waals surface area contributed by atoms with Crippen LogP contribution in [0.1, 0.15) is 82.9 Å². The molecule has 1 heterocycles. The van der Waals surface area contributed by atoms with E-state index in [0.717, 1.165) is 32.1 Å². The highest BCUT2D eigenvalue weighted by Crippen LogP contribution is 2.42. The van der Waals surface area contributed by atoms with Crippen LogP contribution in [0.3, 0.4) is 0 Å². The van der Waals surface area contributed by atoms with Gasteiger partial charge in [0.25, 0.3) is 0 Å². The first-order valence-corrected chi connectivity index (χ1v) is 12.9. The van der Waals surface area contributed by atoms with E-state index in [2.05, 4.69) is 6.92 Å². The monoisotopic (exact) mass is 465 g/mol. The van der Waals surface area contributed by atoms with Crippen molar-refractivity contribution in [1.82, 2.24) is 4.31 Å². The molecular formula is C24H35NO6S. The van der Waals surface area contributed by atoms with Crippen LogP contribution in [0, 0.1) is 0 Å². The van der Waals surface area contributed by atoms with Gasteiger partial charge >= 0.3 is 11.9 Å². The molecule has 0 saturated carbocycles. The van der Waals surface area contributed by atoms with E-state index in [1.54, 1.807) is 32.0 Å². The summed E-state index contributed by atoms with van der Waals surface area (Å²) in [5.74, 6) is -0.902. The van der Waals surface area contributed by atoms with Gasteiger partial charge in [0.1, 0.15) is 0 Å². The van der Waals surface area contributed by atoms with Crippen LogP contribution < -0.4 is 0 Å². The smallest absolute Gasteiger partial charge is 0.330 e. The number of carbonyl (C=O) groups excluding carboxylic acids is 2. The van der Waals surface area contributed by atoms with E-state index >= 15 is 0 Å². The van der Waals surface area contributed by atoms with Gasteiger partial charge in [-0.15, -0.1) is 0 Å². The molecule has 1 atom stereocenters. The van der Waals surface area contributed by atoms with Crippen LogP contribution in [0.15, 0.2) is 29.2 Å². The predicted molar refractivity (Wildman–Crippen MR) is 123 cm³/mol. The van der Waals surface area contributed by atoms with Crippen LogP contribution in [-0.2, 0) is 29.1 Å². The molecule has 2 rings (SSSR count). The molecule has 0 N–H and O–H groups in total. The van der Waals surface area contributed by atoms with Crippen molar-refractivity contribution in [3.8, 4) is 0 Å². The maximum atomic E-state index is 13.4. The highest BCUT2D eigenvalue weighted by molar-refractivity contribution is 7.89. The normalized spacial score (nSPS) is 17.4. The van der Waals surface area contributed by atoms with Gasteiger partial charge in [-0.05, 0) is 43.5 Å². The number of hydrogen-bond acceptors (Lipinski definition) is 6. The zero-order chi connectivity index (χ0) is 23.6. The quantitative estimate of drug-likeness (QED) is 0.240. The first kappa shape index (κ1) is 26.1. The van der Waals surface area contributed by atoms with Crippen LogP contribution in [-0.4, -0.2) is 44.4 Å². The Bertz CT molecular complexity index is 909. The van der Waals surface area contributed by atoms with Crippen molar-refractivity contribution in [2.45, 2.75) is 76.7 Å². The highest BCUT2D eigenvalue weighted by Gasteiger charge is 2.43. The van der Waals surface area contributed by atoms with Crippen LogP contribution in [0.5, 0.6) is 0 Å². The summed E-state index contributed by atoms with van der Waals surface area (Å²) >= 11 is 0. The molecule has 7 nitrogen and oxygen atoms in total. The van der Waals surface area contributed by atoms with E-state index in [-0.39, 0.29) is 24.5 Å². The van der Waals surface area contributed by atoms with Gasteiger partial charge in [-0.1, -0.05) is 51.2 Å². The molecule has 178 valence electrons. The number of sulfonamides is 1. The largest absolute Gasteiger partial charge is 0.466 e. The van der Waals surface area contributed by atoms with E-state index in [0.29, 0.717) is 17.7 Å². The Kier molecular flexibility index (Phi) is 10.4. The molecule has 8 heteroatoms. The van der Waals surface area contributed by atoms with Crippen molar-refractivity contribution in [2.75, 3.05) is 19.8 Å². The number of fused-ring (bicyclic) bond motifs is 1. The molecule has 0 saturated heterocycles. The second kappa shape index (κ2) is 12.7. The molecule has 1 aromatic carbocycles. The Morgan fingerprint density at radius 1 is 1.00 bits per heavy atom. The van der Waals surface area contributed by atoms with Crippen molar-refractivity contribution >= 4 is 28.0 Å². The number of nitrogens with zero attached hydrogens (tertiary/aromatic N) is 1. The van der Waals surface area contributed by atoms with Gasteiger partial charge < -0.3 is 9.47 Å². The van der Waals surface area contributed by atoms with Crippen molar-refractivity contribution in [1.29, 1.82) is 0 Å². The second-order valence-corrected chi connectivity index (χ2v) is 9.65. The zero-order valence-corrected chi connectivity index (χ0v) is 20.2. The Morgan fingerprint density at radius 3 is 2.38 bits per heavy atom. The van der Waals surface area contributed by atoms with E-state index < -0.39 is 28.0 Å². The Labute approximate surface area is 191 Å². The first-order valence-electron chi connectivity index (χ1n) is 11.5. The van der Waals surface area contributed by atoms with Gasteiger partial charge in [0.05, 0.1) is 30.6 Å². The maximum absolute atomic E-state index is 13.4. The van der Waals surface area contributed by atoms with E-state index in [1.165, 1.54) is 22.9 Å². The molecule has 0 aromatic heterocycles. The summed E-state index contributed by atoms with van der Waals surface area (Å²) in [4.78, 5) is 24.0. The van der Waals surface area contributed by atoms with Crippen LogP contribution >= 0.6 is 0 Å². The third-order valence-corrected chi connectivity index (χ3v) is 7.39. The number of hydrogen-bond donors (Lipinski definition) is 0. The number of carbonyl (C=O) groups is 2. The average molecular weight is 466 g/mol. The summed E-state index contributed by atoms with van der Waals surface area (Å²) in [6.07, 6.45) is 9.03. The van der Waals surface area contributed by atoms with Gasteiger partial charge in [-0.2, -0.15) is 4.31 Å². The van der Waals surface area contributed by atoms with Crippen molar-refractivity contribution < 1.29 is 27.5 Å². The van der Waals surface area contributed by atoms with Crippen LogP contribution in [0.4, 0.5) is 0 Å². The molecular weight excluding hydrogens is 430 g/mol. The SMILES string of the molecule is CCCCCCCCN1[C@@H](CC(=O)OCC)c2ccc(/C=C/C(=O)OCC)cc2S1(=O)=O. The van der Waals surface area contributed by atoms with E-state index in [9.17, 15) is 18.0 Å². The minimum atomic E-state index is -3.75. The van der Waals surface area contributed by atoms with Gasteiger partial charge in [0.15, 0.2) is 0 Å². The lowest BCUT2D eigenvalue weighted by Crippen LogP contribution is -2.31. The summed E-state index contributed by atoms with van der Waals surface area (Å²) < 4.78 is 38.1. The average Bonchev–Trinajstić information content (AvgIpc) is 2.95. The molecule has 1 aromatic rings. The Balaban J connectivity index is 2.25. The fraction of sp³-hybridized carbons (Fsp3) is 0.583. The zero-order valence-electron chi connectivity index (χ0n) is 19.3. The number of unbranched alkanes of at least 4 members (excludes halogenated alkanes) is 5. The van der Waals surface area contributed by atoms with Crippen molar-refractivity contribution in [3.63, 3.8) is 0 Å². The van der Waals surface area contributed by atoms with Crippen molar-refractivity contribution in [3.05, 3.63) is 35.4 Å². The topological polar surface area (TPSA) is 90.0 Å². The fourth-order valence-corrected chi connectivity index (χ4v) is 5.80. The number of esters is 2. The minimum Gasteiger partial charge on any atom is -0.466 e. The molecule has 0 spiro atoms. The summed E-state index contributed by atoms with van der Waals surface area (Å²) in [6.45, 7) is 6.49. The number of benzene rings is 1. The molecule has 1 aliphatic heterocycles. The second-order valence-electron chi connectivity index (χ2n) is 7.79. The Morgan fingerprint density at radius 2 is 1.69 bits per heavy atom. The molecule has 0 bridgehead atoms. The summed E-state index contributed by atoms with van der Waals surface area (Å²) in [6, 6.07) is 4.45. The van der Waals surface area contributed by atoms with E-state index in [1.807, 2.05) is 0 Å². The fourth-order valence-electron chi connectivity index (χ4n) is 3.87. The standard InChI is InChI=1S/C24H35NO6S/c1-4-7-8-9-10-11-16-25-21(18-24(27)31-6-3)20-14-12-19(13-15-23(26)30-5-2)17-22(20)32(25,28)29/h12-15,17,21H,4-11,16,18H2,1-3H3/b15-13+/t21-/m0/s1. The minimum absolute atomic E-state index is 0.0199. The molecule has 0 fully saturated rings. The lowest BCUT2D eigenvalue weighted by atomic mass is 10.0. The molecule has 0 aliphatic carbocycles. The summed E-state index contributed by atoms with van der Waals surface area (Å²) in [7, 11) is -3.75. The third kappa shape index (κ3) is 6.90. The van der Waals surface area contributed by atoms with Gasteiger partial charge in [-0.3, -0.25) is 4.79 Å². The Hall–Kier alpha value is -2.19. The molecule has 1 aliphatic rings. The molecule has 0 amide bonds. The first-order chi connectivity index (χ1) is 15.3. The number of rotatable bonds is 13. The van der Waals surface area contributed by atoms with Crippen LogP contribution in [0.25, 0.3) is 6.08 Å². The summed E-state index contributed by atoms with van der Waals surface area (Å²) in [5, 5.41) is 0. The lowest BCUT2D eigenvalue weighted by Gasteiger charge is -2.23. The maximum Gasteiger partial charge on any atom is 0.330 e. The van der Waals surface area contributed by atoms with Gasteiger partial charge in [0, 0.05) is 12.6 Å². The molecule has 0 radical (unpaired) electrons. The summed E-state index contributed by atoms with van der Waals surface area (Å²) in [5.41, 5.74) is 1.17. The van der Waals surface area contributed by atoms with Gasteiger partial charge in [-0.25, -0.2) is 13.2 Å². The lowest BCUT2D eigenvalue weighted by molar-refractivity contribution is -0.144. The third-order valence-electron chi connectivity index (χ3n) is 5.43. The number of ether oxygens (including phenoxy) is 2. The van der Waals surface area contributed by atoms with Gasteiger partial charge in [0.2, 0.25) is 10.0 Å².